The summed E-state index contributed by atoms with van der Waals surface area (Å²) in [6, 6.07) is 12.7. The van der Waals surface area contributed by atoms with E-state index in [0.717, 1.165) is 41.7 Å². The highest BCUT2D eigenvalue weighted by Crippen LogP contribution is 2.20. The molecule has 7 heteroatoms. The molecule has 0 radical (unpaired) electrons. The summed E-state index contributed by atoms with van der Waals surface area (Å²) in [4.78, 5) is 32.9. The maximum absolute atomic E-state index is 13.1. The Kier molecular flexibility index (Phi) is 7.94. The lowest BCUT2D eigenvalue weighted by molar-refractivity contribution is 0.194. The molecule has 3 aromatic rings. The second-order valence-electron chi connectivity index (χ2n) is 8.06. The Balaban J connectivity index is 1.89. The number of pyridine rings is 1. The van der Waals surface area contributed by atoms with Crippen LogP contribution >= 0.6 is 11.6 Å². The Morgan fingerprint density at radius 1 is 1.06 bits per heavy atom. The number of urea groups is 1. The summed E-state index contributed by atoms with van der Waals surface area (Å²) in [6.07, 6.45) is 0. The maximum Gasteiger partial charge on any atom is 0.322 e. The third-order valence-electron chi connectivity index (χ3n) is 5.69. The van der Waals surface area contributed by atoms with Crippen molar-refractivity contribution in [1.82, 2.24) is 14.8 Å². The Bertz CT molecular complexity index is 1150. The highest BCUT2D eigenvalue weighted by atomic mass is 35.5. The first-order chi connectivity index (χ1) is 15.3. The number of halogens is 1. The number of H-pyrrole nitrogens is 1. The standard InChI is InChI=1S/C25H31ClN4O2/c1-5-29(6-2)10-11-30(25(32)27-21-9-7-8-20(26)15-21)16-19-14-22-18(4)12-17(3)13-23(22)28-24(19)31/h7-9,12-15H,5-6,10-11,16H2,1-4H3,(H,27,32)(H,28,31). The second kappa shape index (κ2) is 10.7. The molecule has 32 heavy (non-hydrogen) atoms. The molecule has 2 N–H and O–H groups in total. The van der Waals surface area contributed by atoms with Gasteiger partial charge in [-0.2, -0.15) is 0 Å². The minimum atomic E-state index is -0.264. The van der Waals surface area contributed by atoms with Crippen molar-refractivity contribution in [2.45, 2.75) is 34.2 Å². The van der Waals surface area contributed by atoms with Crippen LogP contribution in [0.25, 0.3) is 10.9 Å². The number of benzene rings is 2. The molecule has 0 aliphatic carbocycles. The van der Waals surface area contributed by atoms with Crippen LogP contribution in [0.2, 0.25) is 5.02 Å². The molecule has 3 rings (SSSR count). The third kappa shape index (κ3) is 5.90. The lowest BCUT2D eigenvalue weighted by atomic mass is 10.0. The van der Waals surface area contributed by atoms with Gasteiger partial charge in [-0.05, 0) is 68.4 Å². The number of anilines is 1. The fourth-order valence-electron chi connectivity index (χ4n) is 3.86. The average molecular weight is 455 g/mol. The van der Waals surface area contributed by atoms with Crippen LogP contribution in [0.4, 0.5) is 10.5 Å². The average Bonchev–Trinajstić information content (AvgIpc) is 2.74. The number of aromatic amines is 1. The smallest absolute Gasteiger partial charge is 0.322 e. The normalized spacial score (nSPS) is 11.2. The zero-order valence-electron chi connectivity index (χ0n) is 19.2. The van der Waals surface area contributed by atoms with Crippen molar-refractivity contribution in [2.24, 2.45) is 0 Å². The third-order valence-corrected chi connectivity index (χ3v) is 5.93. The molecular weight excluding hydrogens is 424 g/mol. The Labute approximate surface area is 194 Å². The number of nitrogens with one attached hydrogen (secondary N) is 2. The number of amides is 2. The highest BCUT2D eigenvalue weighted by molar-refractivity contribution is 6.30. The van der Waals surface area contributed by atoms with E-state index in [1.807, 2.05) is 26.0 Å². The van der Waals surface area contributed by atoms with Gasteiger partial charge in [-0.25, -0.2) is 4.79 Å². The van der Waals surface area contributed by atoms with Crippen molar-refractivity contribution in [1.29, 1.82) is 0 Å². The van der Waals surface area contributed by atoms with Gasteiger partial charge in [-0.1, -0.05) is 37.6 Å². The number of likely N-dealkylation sites (N-methyl/N-ethyl adjacent to an activating group) is 1. The zero-order valence-corrected chi connectivity index (χ0v) is 19.9. The minimum absolute atomic E-state index is 0.175. The van der Waals surface area contributed by atoms with Gasteiger partial charge < -0.3 is 20.1 Å². The van der Waals surface area contributed by atoms with Gasteiger partial charge in [0.05, 0.1) is 6.54 Å². The van der Waals surface area contributed by atoms with Crippen LogP contribution in [0.3, 0.4) is 0 Å². The Morgan fingerprint density at radius 3 is 2.50 bits per heavy atom. The lowest BCUT2D eigenvalue weighted by Gasteiger charge is -2.27. The molecule has 170 valence electrons. The number of fused-ring (bicyclic) bond motifs is 1. The van der Waals surface area contributed by atoms with Crippen molar-refractivity contribution in [3.63, 3.8) is 0 Å². The molecule has 2 amide bonds. The van der Waals surface area contributed by atoms with E-state index in [1.165, 1.54) is 0 Å². The summed E-state index contributed by atoms with van der Waals surface area (Å²) >= 11 is 6.06. The van der Waals surface area contributed by atoms with E-state index in [1.54, 1.807) is 29.2 Å². The fourth-order valence-corrected chi connectivity index (χ4v) is 4.05. The molecule has 0 saturated carbocycles. The summed E-state index contributed by atoms with van der Waals surface area (Å²) in [7, 11) is 0. The van der Waals surface area contributed by atoms with Gasteiger partial charge in [0.15, 0.2) is 0 Å². The molecule has 0 bridgehead atoms. The number of rotatable bonds is 8. The molecule has 0 aliphatic rings. The van der Waals surface area contributed by atoms with E-state index < -0.39 is 0 Å². The number of carbonyl (C=O) groups is 1. The first-order valence-corrected chi connectivity index (χ1v) is 11.4. The molecule has 0 atom stereocenters. The van der Waals surface area contributed by atoms with Gasteiger partial charge in [0.1, 0.15) is 0 Å². The topological polar surface area (TPSA) is 68.4 Å². The maximum atomic E-state index is 13.1. The largest absolute Gasteiger partial charge is 0.322 e. The number of carbonyl (C=O) groups excluding carboxylic acids is 1. The van der Waals surface area contributed by atoms with Crippen LogP contribution in [-0.2, 0) is 6.54 Å². The van der Waals surface area contributed by atoms with E-state index in [9.17, 15) is 9.59 Å². The van der Waals surface area contributed by atoms with Crippen LogP contribution in [-0.4, -0.2) is 47.0 Å². The van der Waals surface area contributed by atoms with Gasteiger partial charge >= 0.3 is 6.03 Å². The van der Waals surface area contributed by atoms with E-state index in [-0.39, 0.29) is 18.1 Å². The number of aromatic nitrogens is 1. The summed E-state index contributed by atoms with van der Waals surface area (Å²) in [5.74, 6) is 0. The van der Waals surface area contributed by atoms with Crippen LogP contribution < -0.4 is 10.9 Å². The summed E-state index contributed by atoms with van der Waals surface area (Å²) in [6.45, 7) is 11.5. The number of nitrogens with zero attached hydrogens (tertiary/aromatic N) is 2. The molecular formula is C25H31ClN4O2. The van der Waals surface area contributed by atoms with Crippen molar-refractivity contribution < 1.29 is 4.79 Å². The fraction of sp³-hybridized carbons (Fsp3) is 0.360. The summed E-state index contributed by atoms with van der Waals surface area (Å²) in [5, 5.41) is 4.45. The first-order valence-electron chi connectivity index (χ1n) is 11.0. The molecule has 1 aromatic heterocycles. The quantitative estimate of drug-likeness (QED) is 0.493. The molecule has 0 fully saturated rings. The number of hydrogen-bond acceptors (Lipinski definition) is 3. The van der Waals surface area contributed by atoms with Crippen molar-refractivity contribution in [3.8, 4) is 0 Å². The van der Waals surface area contributed by atoms with E-state index >= 15 is 0 Å². The molecule has 0 aliphatic heterocycles. The van der Waals surface area contributed by atoms with Crippen molar-refractivity contribution in [2.75, 3.05) is 31.5 Å². The van der Waals surface area contributed by atoms with Crippen molar-refractivity contribution >= 4 is 34.2 Å². The molecule has 0 unspecified atom stereocenters. The zero-order chi connectivity index (χ0) is 23.3. The molecule has 6 nitrogen and oxygen atoms in total. The van der Waals surface area contributed by atoms with Crippen LogP contribution in [0.5, 0.6) is 0 Å². The molecule has 2 aromatic carbocycles. The van der Waals surface area contributed by atoms with Gasteiger partial charge in [-0.3, -0.25) is 4.79 Å². The summed E-state index contributed by atoms with van der Waals surface area (Å²) < 4.78 is 0. The predicted octanol–water partition coefficient (Wildman–Crippen LogP) is 5.17. The van der Waals surface area contributed by atoms with E-state index in [2.05, 4.69) is 35.1 Å². The molecule has 0 saturated heterocycles. The Hall–Kier alpha value is -2.83. The molecule has 0 spiro atoms. The van der Waals surface area contributed by atoms with Crippen LogP contribution in [0.15, 0.2) is 47.3 Å². The summed E-state index contributed by atoms with van der Waals surface area (Å²) in [5.41, 5.74) is 4.01. The van der Waals surface area contributed by atoms with Gasteiger partial charge in [-0.15, -0.1) is 0 Å². The van der Waals surface area contributed by atoms with E-state index in [4.69, 9.17) is 11.6 Å². The van der Waals surface area contributed by atoms with Crippen molar-refractivity contribution in [3.05, 3.63) is 74.5 Å². The SMILES string of the molecule is CCN(CC)CCN(Cc1cc2c(C)cc(C)cc2[nH]c1=O)C(=O)Nc1cccc(Cl)c1. The van der Waals surface area contributed by atoms with Crippen LogP contribution in [0.1, 0.15) is 30.5 Å². The van der Waals surface area contributed by atoms with E-state index in [0.29, 0.717) is 22.8 Å². The van der Waals surface area contributed by atoms with Gasteiger partial charge in [0.25, 0.3) is 5.56 Å². The monoisotopic (exact) mass is 454 g/mol. The Morgan fingerprint density at radius 2 is 1.81 bits per heavy atom. The second-order valence-corrected chi connectivity index (χ2v) is 8.49. The van der Waals surface area contributed by atoms with Crippen LogP contribution in [0, 0.1) is 13.8 Å². The van der Waals surface area contributed by atoms with Gasteiger partial charge in [0.2, 0.25) is 0 Å². The lowest BCUT2D eigenvalue weighted by Crippen LogP contribution is -2.41. The number of aryl methyl sites for hydroxylation is 2. The number of hydrogen-bond donors (Lipinski definition) is 2. The predicted molar refractivity (Wildman–Crippen MR) is 133 cm³/mol. The first kappa shape index (κ1) is 23.8. The highest BCUT2D eigenvalue weighted by Gasteiger charge is 2.18. The molecule has 1 heterocycles. The minimum Gasteiger partial charge on any atom is -0.322 e. The van der Waals surface area contributed by atoms with Gasteiger partial charge in [0, 0.05) is 40.3 Å².